The number of hydrogen-bond acceptors (Lipinski definition) is 7. The molecular formula is C17H14N6O2S. The number of nitrogens with zero attached hydrogens (tertiary/aromatic N) is 4. The van der Waals surface area contributed by atoms with Crippen LogP contribution in [0.5, 0.6) is 0 Å². The predicted molar refractivity (Wildman–Crippen MR) is 98.0 cm³/mol. The lowest BCUT2D eigenvalue weighted by Gasteiger charge is -1.99. The Morgan fingerprint density at radius 1 is 1.08 bits per heavy atom. The van der Waals surface area contributed by atoms with Crippen molar-refractivity contribution in [2.45, 2.75) is 6.42 Å². The van der Waals surface area contributed by atoms with Crippen molar-refractivity contribution < 1.29 is 9.59 Å². The SMILES string of the molecule is O=C(Cc1nnc(NC(=O)c2ccccc2)s1)NN=Cc1ccncc1. The summed E-state index contributed by atoms with van der Waals surface area (Å²) in [7, 11) is 0. The van der Waals surface area contributed by atoms with E-state index in [4.69, 9.17) is 0 Å². The molecule has 0 saturated heterocycles. The number of anilines is 1. The fraction of sp³-hybridized carbons (Fsp3) is 0.0588. The molecule has 0 aliphatic rings. The summed E-state index contributed by atoms with van der Waals surface area (Å²) in [6.45, 7) is 0. The third-order valence-electron chi connectivity index (χ3n) is 3.14. The lowest BCUT2D eigenvalue weighted by atomic mass is 10.2. The second kappa shape index (κ2) is 8.58. The number of benzene rings is 1. The number of carbonyl (C=O) groups excluding carboxylic acids is 2. The Hall–Kier alpha value is -3.46. The van der Waals surface area contributed by atoms with Crippen molar-refractivity contribution in [3.8, 4) is 0 Å². The molecule has 2 aromatic heterocycles. The second-order valence-electron chi connectivity index (χ2n) is 5.07. The molecular weight excluding hydrogens is 352 g/mol. The average Bonchev–Trinajstić information content (AvgIpc) is 3.10. The van der Waals surface area contributed by atoms with E-state index < -0.39 is 0 Å². The number of hydrazone groups is 1. The summed E-state index contributed by atoms with van der Waals surface area (Å²) in [5.41, 5.74) is 3.76. The summed E-state index contributed by atoms with van der Waals surface area (Å²) in [5.74, 6) is -0.605. The van der Waals surface area contributed by atoms with Crippen LogP contribution in [0.15, 0.2) is 60.0 Å². The maximum absolute atomic E-state index is 12.0. The Labute approximate surface area is 153 Å². The first kappa shape index (κ1) is 17.4. The molecule has 3 aromatic rings. The zero-order valence-electron chi connectivity index (χ0n) is 13.5. The predicted octanol–water partition coefficient (Wildman–Crippen LogP) is 1.88. The van der Waals surface area contributed by atoms with Gasteiger partial charge in [-0.3, -0.25) is 19.9 Å². The summed E-state index contributed by atoms with van der Waals surface area (Å²) >= 11 is 1.14. The molecule has 26 heavy (non-hydrogen) atoms. The minimum atomic E-state index is -0.326. The van der Waals surface area contributed by atoms with Gasteiger partial charge in [0.25, 0.3) is 5.91 Å². The van der Waals surface area contributed by atoms with E-state index in [1.54, 1.807) is 48.8 Å². The Bertz CT molecular complexity index is 911. The lowest BCUT2D eigenvalue weighted by molar-refractivity contribution is -0.120. The molecule has 2 amide bonds. The molecule has 3 rings (SSSR count). The van der Waals surface area contributed by atoms with Crippen LogP contribution in [0, 0.1) is 0 Å². The van der Waals surface area contributed by atoms with E-state index in [2.05, 4.69) is 31.0 Å². The van der Waals surface area contributed by atoms with E-state index in [0.717, 1.165) is 16.9 Å². The van der Waals surface area contributed by atoms with Crippen LogP contribution < -0.4 is 10.7 Å². The van der Waals surface area contributed by atoms with Gasteiger partial charge in [-0.2, -0.15) is 5.10 Å². The van der Waals surface area contributed by atoms with Gasteiger partial charge in [-0.05, 0) is 29.8 Å². The maximum atomic E-state index is 12.0. The third kappa shape index (κ3) is 5.02. The molecule has 0 unspecified atom stereocenters. The maximum Gasteiger partial charge on any atom is 0.257 e. The Morgan fingerprint density at radius 3 is 2.62 bits per heavy atom. The van der Waals surface area contributed by atoms with Crippen LogP contribution in [0.4, 0.5) is 5.13 Å². The van der Waals surface area contributed by atoms with Crippen LogP contribution in [0.3, 0.4) is 0 Å². The fourth-order valence-corrected chi connectivity index (χ4v) is 2.67. The molecule has 0 saturated carbocycles. The molecule has 0 atom stereocenters. The van der Waals surface area contributed by atoms with Crippen LogP contribution in [-0.2, 0) is 11.2 Å². The summed E-state index contributed by atoms with van der Waals surface area (Å²) in [6.07, 6.45) is 4.81. The Kier molecular flexibility index (Phi) is 5.73. The van der Waals surface area contributed by atoms with Crippen molar-refractivity contribution in [1.29, 1.82) is 0 Å². The molecule has 0 aliphatic carbocycles. The summed E-state index contributed by atoms with van der Waals surface area (Å²) in [4.78, 5) is 27.8. The molecule has 130 valence electrons. The average molecular weight is 366 g/mol. The summed E-state index contributed by atoms with van der Waals surface area (Å²) < 4.78 is 0. The molecule has 1 aromatic carbocycles. The highest BCUT2D eigenvalue weighted by Gasteiger charge is 2.12. The van der Waals surface area contributed by atoms with Crippen LogP contribution >= 0.6 is 11.3 Å². The largest absolute Gasteiger partial charge is 0.296 e. The molecule has 2 heterocycles. The van der Waals surface area contributed by atoms with Crippen molar-refractivity contribution in [3.05, 3.63) is 71.0 Å². The van der Waals surface area contributed by atoms with E-state index in [1.165, 1.54) is 6.21 Å². The van der Waals surface area contributed by atoms with Gasteiger partial charge in [0.2, 0.25) is 11.0 Å². The molecule has 8 nitrogen and oxygen atoms in total. The number of nitrogens with one attached hydrogen (secondary N) is 2. The minimum absolute atomic E-state index is 0.0204. The molecule has 0 spiro atoms. The normalized spacial score (nSPS) is 10.6. The second-order valence-corrected chi connectivity index (χ2v) is 6.13. The van der Waals surface area contributed by atoms with Crippen molar-refractivity contribution in [2.24, 2.45) is 5.10 Å². The van der Waals surface area contributed by atoms with Crippen molar-refractivity contribution in [1.82, 2.24) is 20.6 Å². The zero-order valence-corrected chi connectivity index (χ0v) is 14.3. The lowest BCUT2D eigenvalue weighted by Crippen LogP contribution is -2.19. The van der Waals surface area contributed by atoms with Crippen LogP contribution in [0.2, 0.25) is 0 Å². The van der Waals surface area contributed by atoms with Crippen molar-refractivity contribution in [3.63, 3.8) is 0 Å². The fourth-order valence-electron chi connectivity index (χ4n) is 1.94. The van der Waals surface area contributed by atoms with Gasteiger partial charge in [-0.15, -0.1) is 10.2 Å². The molecule has 0 radical (unpaired) electrons. The van der Waals surface area contributed by atoms with Gasteiger partial charge >= 0.3 is 0 Å². The van der Waals surface area contributed by atoms with E-state index >= 15 is 0 Å². The van der Waals surface area contributed by atoms with Crippen LogP contribution in [-0.4, -0.2) is 33.2 Å². The van der Waals surface area contributed by atoms with Crippen LogP contribution in [0.1, 0.15) is 20.9 Å². The first-order valence-electron chi connectivity index (χ1n) is 7.61. The van der Waals surface area contributed by atoms with Gasteiger partial charge in [-0.25, -0.2) is 5.43 Å². The summed E-state index contributed by atoms with van der Waals surface area (Å²) in [5, 5.41) is 15.1. The first-order valence-corrected chi connectivity index (χ1v) is 8.43. The Morgan fingerprint density at radius 2 is 1.85 bits per heavy atom. The zero-order chi connectivity index (χ0) is 18.2. The number of pyridine rings is 1. The highest BCUT2D eigenvalue weighted by molar-refractivity contribution is 7.15. The molecule has 0 aliphatic heterocycles. The highest BCUT2D eigenvalue weighted by atomic mass is 32.1. The third-order valence-corrected chi connectivity index (χ3v) is 3.98. The molecule has 0 bridgehead atoms. The van der Waals surface area contributed by atoms with Crippen molar-refractivity contribution in [2.75, 3.05) is 5.32 Å². The number of aromatic nitrogens is 3. The van der Waals surface area contributed by atoms with E-state index in [1.807, 2.05) is 6.07 Å². The van der Waals surface area contributed by atoms with Gasteiger partial charge in [0.05, 0.1) is 12.6 Å². The minimum Gasteiger partial charge on any atom is -0.296 e. The van der Waals surface area contributed by atoms with E-state index in [-0.39, 0.29) is 18.2 Å². The molecule has 2 N–H and O–H groups in total. The topological polar surface area (TPSA) is 109 Å². The van der Waals surface area contributed by atoms with Crippen LogP contribution in [0.25, 0.3) is 0 Å². The van der Waals surface area contributed by atoms with Crippen molar-refractivity contribution >= 4 is 34.5 Å². The number of rotatable bonds is 6. The van der Waals surface area contributed by atoms with E-state index in [9.17, 15) is 9.59 Å². The van der Waals surface area contributed by atoms with Gasteiger partial charge in [0, 0.05) is 18.0 Å². The van der Waals surface area contributed by atoms with E-state index in [0.29, 0.717) is 15.7 Å². The smallest absolute Gasteiger partial charge is 0.257 e. The summed E-state index contributed by atoms with van der Waals surface area (Å²) in [6, 6.07) is 12.3. The monoisotopic (exact) mass is 366 g/mol. The van der Waals surface area contributed by atoms with Gasteiger partial charge in [-0.1, -0.05) is 29.5 Å². The number of amides is 2. The van der Waals surface area contributed by atoms with Gasteiger partial charge in [0.15, 0.2) is 0 Å². The molecule has 0 fully saturated rings. The standard InChI is InChI=1S/C17H14N6O2S/c24-14(21-19-11-12-6-8-18-9-7-12)10-15-22-23-17(26-15)20-16(25)13-4-2-1-3-5-13/h1-9,11H,10H2,(H,21,24)(H,20,23,25). The first-order chi connectivity index (χ1) is 12.7. The van der Waals surface area contributed by atoms with Gasteiger partial charge in [0.1, 0.15) is 5.01 Å². The quantitative estimate of drug-likeness (QED) is 0.511. The van der Waals surface area contributed by atoms with Gasteiger partial charge < -0.3 is 0 Å². The molecule has 9 heteroatoms. The highest BCUT2D eigenvalue weighted by Crippen LogP contribution is 2.16. The number of carbonyl (C=O) groups is 2. The number of hydrogen-bond donors (Lipinski definition) is 2. The Balaban J connectivity index is 1.51.